The summed E-state index contributed by atoms with van der Waals surface area (Å²) < 4.78 is 28.8. The van der Waals surface area contributed by atoms with Gasteiger partial charge in [0.05, 0.1) is 18.4 Å². The van der Waals surface area contributed by atoms with E-state index in [-0.39, 0.29) is 12.3 Å². The van der Waals surface area contributed by atoms with Gasteiger partial charge in [-0.25, -0.2) is 22.5 Å². The second-order valence-corrected chi connectivity index (χ2v) is 6.25. The summed E-state index contributed by atoms with van der Waals surface area (Å²) in [5.74, 6) is -0.0901. The van der Waals surface area contributed by atoms with E-state index in [2.05, 4.69) is 15.0 Å². The van der Waals surface area contributed by atoms with Crippen molar-refractivity contribution in [1.29, 1.82) is 0 Å². The highest BCUT2D eigenvalue weighted by Crippen LogP contribution is 2.08. The quantitative estimate of drug-likeness (QED) is 0.750. The molecule has 0 aliphatic carbocycles. The molecular weight excluding hydrogens is 270 g/mol. The van der Waals surface area contributed by atoms with Crippen LogP contribution >= 0.6 is 0 Å². The first-order chi connectivity index (χ1) is 8.86. The van der Waals surface area contributed by atoms with Gasteiger partial charge in [0.1, 0.15) is 5.82 Å². The lowest BCUT2D eigenvalue weighted by molar-refractivity contribution is 0.0600. The van der Waals surface area contributed by atoms with E-state index in [0.29, 0.717) is 11.4 Å². The third kappa shape index (κ3) is 4.49. The number of hydrogen-bond acceptors (Lipinski definition) is 6. The maximum Gasteiger partial charge on any atom is 0.338 e. The van der Waals surface area contributed by atoms with Crippen LogP contribution in [0.5, 0.6) is 0 Å². The van der Waals surface area contributed by atoms with E-state index in [1.165, 1.54) is 39.5 Å². The number of rotatable bonds is 6. The van der Waals surface area contributed by atoms with Crippen molar-refractivity contribution in [2.75, 3.05) is 38.8 Å². The Bertz CT molecular complexity index is 543. The molecule has 0 fully saturated rings. The number of pyridine rings is 1. The molecule has 1 rings (SSSR count). The highest BCUT2D eigenvalue weighted by atomic mass is 32.2. The predicted octanol–water partition coefficient (Wildman–Crippen LogP) is 0.172. The summed E-state index contributed by atoms with van der Waals surface area (Å²) in [5, 5.41) is 2.85. The Labute approximate surface area is 112 Å². The SMILES string of the molecule is COC(=O)c1ccnc(NCCS(=O)(=O)N(C)C)c1. The van der Waals surface area contributed by atoms with E-state index in [9.17, 15) is 13.2 Å². The molecular formula is C11H17N3O4S. The van der Waals surface area contributed by atoms with E-state index in [1.54, 1.807) is 0 Å². The third-order valence-corrected chi connectivity index (χ3v) is 4.24. The third-order valence-electron chi connectivity index (χ3n) is 2.40. The lowest BCUT2D eigenvalue weighted by atomic mass is 10.2. The molecule has 0 saturated heterocycles. The van der Waals surface area contributed by atoms with Gasteiger partial charge in [-0.05, 0) is 12.1 Å². The van der Waals surface area contributed by atoms with Gasteiger partial charge in [-0.2, -0.15) is 0 Å². The van der Waals surface area contributed by atoms with Crippen molar-refractivity contribution in [1.82, 2.24) is 9.29 Å². The molecule has 0 aromatic carbocycles. The van der Waals surface area contributed by atoms with Gasteiger partial charge in [0.25, 0.3) is 0 Å². The Hall–Kier alpha value is -1.67. The van der Waals surface area contributed by atoms with Gasteiger partial charge in [-0.15, -0.1) is 0 Å². The van der Waals surface area contributed by atoms with Crippen LogP contribution in [0.3, 0.4) is 0 Å². The molecule has 1 aromatic heterocycles. The number of carbonyl (C=O) groups excluding carboxylic acids is 1. The number of sulfonamides is 1. The molecule has 8 heteroatoms. The van der Waals surface area contributed by atoms with Gasteiger partial charge in [-0.3, -0.25) is 0 Å². The largest absolute Gasteiger partial charge is 0.465 e. The van der Waals surface area contributed by atoms with Crippen LogP contribution in [0, 0.1) is 0 Å². The van der Waals surface area contributed by atoms with Crippen molar-refractivity contribution >= 4 is 21.8 Å². The smallest absolute Gasteiger partial charge is 0.338 e. The summed E-state index contributed by atoms with van der Waals surface area (Å²) in [4.78, 5) is 15.3. The Morgan fingerprint density at radius 1 is 1.47 bits per heavy atom. The Morgan fingerprint density at radius 3 is 2.74 bits per heavy atom. The van der Waals surface area contributed by atoms with Crippen molar-refractivity contribution in [3.05, 3.63) is 23.9 Å². The summed E-state index contributed by atoms with van der Waals surface area (Å²) >= 11 is 0. The molecule has 0 unspecified atom stereocenters. The topological polar surface area (TPSA) is 88.6 Å². The van der Waals surface area contributed by atoms with Crippen LogP contribution in [-0.4, -0.2) is 57.2 Å². The van der Waals surface area contributed by atoms with Crippen LogP contribution in [0.2, 0.25) is 0 Å². The molecule has 0 saturated carbocycles. The van der Waals surface area contributed by atoms with Crippen molar-refractivity contribution in [3.63, 3.8) is 0 Å². The molecule has 0 aliphatic rings. The average molecular weight is 287 g/mol. The number of ether oxygens (including phenoxy) is 1. The van der Waals surface area contributed by atoms with Gasteiger partial charge in [-0.1, -0.05) is 0 Å². The minimum atomic E-state index is -3.25. The van der Waals surface area contributed by atoms with Gasteiger partial charge in [0.2, 0.25) is 10.0 Å². The van der Waals surface area contributed by atoms with Crippen LogP contribution in [0.25, 0.3) is 0 Å². The number of aromatic nitrogens is 1. The summed E-state index contributed by atoms with van der Waals surface area (Å²) in [6.07, 6.45) is 1.45. The van der Waals surface area contributed by atoms with Gasteiger partial charge >= 0.3 is 5.97 Å². The van der Waals surface area contributed by atoms with Crippen molar-refractivity contribution in [2.45, 2.75) is 0 Å². The van der Waals surface area contributed by atoms with Gasteiger partial charge in [0.15, 0.2) is 0 Å². The lowest BCUT2D eigenvalue weighted by Crippen LogP contribution is -2.28. The second-order valence-electron chi connectivity index (χ2n) is 3.95. The number of nitrogens with one attached hydrogen (secondary N) is 1. The summed E-state index contributed by atoms with van der Waals surface area (Å²) in [6.45, 7) is 0.206. The monoisotopic (exact) mass is 287 g/mol. The zero-order valence-corrected chi connectivity index (χ0v) is 11.9. The number of nitrogens with zero attached hydrogens (tertiary/aromatic N) is 2. The maximum absolute atomic E-state index is 11.5. The molecule has 106 valence electrons. The zero-order chi connectivity index (χ0) is 14.5. The average Bonchev–Trinajstić information content (AvgIpc) is 2.37. The van der Waals surface area contributed by atoms with E-state index in [0.717, 1.165) is 4.31 Å². The zero-order valence-electron chi connectivity index (χ0n) is 11.1. The standard InChI is InChI=1S/C11H17N3O4S/c1-14(2)19(16,17)7-6-13-10-8-9(4-5-12-10)11(15)18-3/h4-5,8H,6-7H2,1-3H3,(H,12,13). The second kappa shape index (κ2) is 6.48. The van der Waals surface area contributed by atoms with Crippen LogP contribution in [0.15, 0.2) is 18.3 Å². The van der Waals surface area contributed by atoms with Crippen LogP contribution in [0.4, 0.5) is 5.82 Å². The first kappa shape index (κ1) is 15.4. The fourth-order valence-corrected chi connectivity index (χ4v) is 1.99. The van der Waals surface area contributed by atoms with E-state index < -0.39 is 16.0 Å². The van der Waals surface area contributed by atoms with Crippen molar-refractivity contribution in [3.8, 4) is 0 Å². The maximum atomic E-state index is 11.5. The fourth-order valence-electron chi connectivity index (χ4n) is 1.26. The first-order valence-corrected chi connectivity index (χ1v) is 7.16. The van der Waals surface area contributed by atoms with Gasteiger partial charge in [0, 0.05) is 26.8 Å². The Balaban J connectivity index is 2.62. The molecule has 0 atom stereocenters. The highest BCUT2D eigenvalue weighted by Gasteiger charge is 2.13. The van der Waals surface area contributed by atoms with E-state index in [1.807, 2.05) is 0 Å². The molecule has 0 radical (unpaired) electrons. The molecule has 0 bridgehead atoms. The molecule has 0 amide bonds. The first-order valence-electron chi connectivity index (χ1n) is 5.55. The minimum absolute atomic E-state index is 0.0515. The summed E-state index contributed by atoms with van der Waals surface area (Å²) in [5.41, 5.74) is 0.357. The molecule has 0 aliphatic heterocycles. The number of esters is 1. The predicted molar refractivity (Wildman–Crippen MR) is 71.5 cm³/mol. The highest BCUT2D eigenvalue weighted by molar-refractivity contribution is 7.89. The fraction of sp³-hybridized carbons (Fsp3) is 0.455. The Kier molecular flexibility index (Phi) is 5.25. The van der Waals surface area contributed by atoms with Crippen LogP contribution in [-0.2, 0) is 14.8 Å². The Morgan fingerprint density at radius 2 is 2.16 bits per heavy atom. The summed E-state index contributed by atoms with van der Waals surface area (Å²) in [7, 11) is 0.998. The minimum Gasteiger partial charge on any atom is -0.465 e. The number of carbonyl (C=O) groups is 1. The molecule has 7 nitrogen and oxygen atoms in total. The molecule has 1 aromatic rings. The van der Waals surface area contributed by atoms with Gasteiger partial charge < -0.3 is 10.1 Å². The van der Waals surface area contributed by atoms with Crippen LogP contribution in [0.1, 0.15) is 10.4 Å². The van der Waals surface area contributed by atoms with E-state index in [4.69, 9.17) is 0 Å². The number of methoxy groups -OCH3 is 1. The molecule has 0 spiro atoms. The van der Waals surface area contributed by atoms with Crippen molar-refractivity contribution in [2.24, 2.45) is 0 Å². The normalized spacial score (nSPS) is 11.4. The van der Waals surface area contributed by atoms with Crippen LogP contribution < -0.4 is 5.32 Å². The molecule has 19 heavy (non-hydrogen) atoms. The molecule has 1 heterocycles. The number of hydrogen-bond donors (Lipinski definition) is 1. The van der Waals surface area contributed by atoms with E-state index >= 15 is 0 Å². The number of anilines is 1. The molecule has 1 N–H and O–H groups in total. The summed E-state index contributed by atoms with van der Waals surface area (Å²) in [6, 6.07) is 3.03. The lowest BCUT2D eigenvalue weighted by Gasteiger charge is -2.12. The van der Waals surface area contributed by atoms with Crippen molar-refractivity contribution < 1.29 is 17.9 Å².